The van der Waals surface area contributed by atoms with Crippen LogP contribution in [-0.4, -0.2) is 46.0 Å². The predicted octanol–water partition coefficient (Wildman–Crippen LogP) is 1.64. The summed E-state index contributed by atoms with van der Waals surface area (Å²) < 4.78 is 0. The number of carbonyl (C=O) groups is 1. The van der Waals surface area contributed by atoms with Crippen molar-refractivity contribution in [2.24, 2.45) is 0 Å². The molecule has 1 fully saturated rings. The molecule has 1 amide bonds. The summed E-state index contributed by atoms with van der Waals surface area (Å²) in [6.45, 7) is 3.76. The van der Waals surface area contributed by atoms with Gasteiger partial charge in [0, 0.05) is 56.3 Å². The van der Waals surface area contributed by atoms with E-state index in [2.05, 4.69) is 36.2 Å². The lowest BCUT2D eigenvalue weighted by Crippen LogP contribution is -2.34. The van der Waals surface area contributed by atoms with Gasteiger partial charge in [-0.05, 0) is 38.3 Å². The highest BCUT2D eigenvalue weighted by atomic mass is 16.1. The third-order valence-corrected chi connectivity index (χ3v) is 4.55. The van der Waals surface area contributed by atoms with Crippen molar-refractivity contribution >= 4 is 11.9 Å². The van der Waals surface area contributed by atoms with Crippen molar-refractivity contribution in [1.29, 1.82) is 0 Å². The van der Waals surface area contributed by atoms with Crippen LogP contribution in [0.25, 0.3) is 0 Å². The fraction of sp³-hybridized carbons (Fsp3) is 0.500. The third kappa shape index (κ3) is 4.49. The number of amides is 1. The number of hydrogen-bond acceptors (Lipinski definition) is 6. The molecule has 1 aliphatic rings. The van der Waals surface area contributed by atoms with Gasteiger partial charge in [-0.15, -0.1) is 0 Å². The van der Waals surface area contributed by atoms with Crippen LogP contribution in [0, 0.1) is 6.92 Å². The van der Waals surface area contributed by atoms with Gasteiger partial charge in [0.2, 0.25) is 11.9 Å². The summed E-state index contributed by atoms with van der Waals surface area (Å²) in [5, 5.41) is 2.65. The maximum Gasteiger partial charge on any atom is 0.225 e. The molecule has 3 rings (SSSR count). The zero-order chi connectivity index (χ0) is 17.6. The third-order valence-electron chi connectivity index (χ3n) is 4.55. The fourth-order valence-corrected chi connectivity index (χ4v) is 3.19. The quantitative estimate of drug-likeness (QED) is 0.891. The molecule has 2 aromatic heterocycles. The van der Waals surface area contributed by atoms with Crippen molar-refractivity contribution in [1.82, 2.24) is 25.3 Å². The molecule has 7 nitrogen and oxygen atoms in total. The minimum Gasteiger partial charge on any atom is -0.359 e. The molecule has 0 spiro atoms. The highest BCUT2D eigenvalue weighted by molar-refractivity contribution is 5.75. The minimum atomic E-state index is 0.0361. The summed E-state index contributed by atoms with van der Waals surface area (Å²) in [5.41, 5.74) is 2.04. The van der Waals surface area contributed by atoms with Crippen LogP contribution in [-0.2, 0) is 11.2 Å². The second-order valence-corrected chi connectivity index (χ2v) is 6.31. The molecule has 0 saturated carbocycles. The van der Waals surface area contributed by atoms with Gasteiger partial charge in [0.15, 0.2) is 0 Å². The number of anilines is 1. The molecular weight excluding hydrogens is 316 g/mol. The van der Waals surface area contributed by atoms with E-state index in [4.69, 9.17) is 0 Å². The van der Waals surface area contributed by atoms with E-state index < -0.39 is 0 Å². The lowest BCUT2D eigenvalue weighted by atomic mass is 9.92. The van der Waals surface area contributed by atoms with Crippen molar-refractivity contribution in [3.63, 3.8) is 0 Å². The average Bonchev–Trinajstić information content (AvgIpc) is 2.66. The van der Waals surface area contributed by atoms with Gasteiger partial charge >= 0.3 is 0 Å². The highest BCUT2D eigenvalue weighted by Crippen LogP contribution is 2.28. The Hall–Kier alpha value is -2.57. The topological polar surface area (TPSA) is 83.9 Å². The zero-order valence-corrected chi connectivity index (χ0v) is 14.8. The van der Waals surface area contributed by atoms with E-state index in [0.717, 1.165) is 49.1 Å². The molecule has 7 heteroatoms. The fourth-order valence-electron chi connectivity index (χ4n) is 3.19. The summed E-state index contributed by atoms with van der Waals surface area (Å²) >= 11 is 0. The van der Waals surface area contributed by atoms with Gasteiger partial charge in [0.25, 0.3) is 0 Å². The van der Waals surface area contributed by atoms with E-state index in [1.54, 1.807) is 19.4 Å². The molecular formula is C18H24N6O. The van der Waals surface area contributed by atoms with Crippen molar-refractivity contribution in [3.8, 4) is 0 Å². The van der Waals surface area contributed by atoms with Crippen molar-refractivity contribution in [2.45, 2.75) is 38.5 Å². The van der Waals surface area contributed by atoms with Crippen LogP contribution in [0.4, 0.5) is 5.95 Å². The lowest BCUT2D eigenvalue weighted by Gasteiger charge is -2.31. The van der Waals surface area contributed by atoms with E-state index in [1.807, 2.05) is 13.0 Å². The Morgan fingerprint density at radius 3 is 2.64 bits per heavy atom. The van der Waals surface area contributed by atoms with E-state index in [9.17, 15) is 4.79 Å². The van der Waals surface area contributed by atoms with E-state index in [1.165, 1.54) is 0 Å². The summed E-state index contributed by atoms with van der Waals surface area (Å²) in [6.07, 6.45) is 6.69. The smallest absolute Gasteiger partial charge is 0.225 e. The molecule has 25 heavy (non-hydrogen) atoms. The van der Waals surface area contributed by atoms with Crippen LogP contribution in [0.5, 0.6) is 0 Å². The van der Waals surface area contributed by atoms with Gasteiger partial charge in [-0.2, -0.15) is 0 Å². The number of piperidine rings is 1. The Kier molecular flexibility index (Phi) is 5.53. The molecule has 0 aliphatic carbocycles. The molecule has 0 unspecified atom stereocenters. The first-order valence-corrected chi connectivity index (χ1v) is 8.72. The van der Waals surface area contributed by atoms with Crippen LogP contribution in [0.3, 0.4) is 0 Å². The first kappa shape index (κ1) is 17.3. The number of aryl methyl sites for hydroxylation is 2. The monoisotopic (exact) mass is 340 g/mol. The molecule has 3 heterocycles. The van der Waals surface area contributed by atoms with Crippen molar-refractivity contribution < 1.29 is 4.79 Å². The summed E-state index contributed by atoms with van der Waals surface area (Å²) in [7, 11) is 1.66. The second-order valence-electron chi connectivity index (χ2n) is 6.31. The Morgan fingerprint density at radius 2 is 1.96 bits per heavy atom. The standard InChI is InChI=1S/C18H24N6O/c1-13-22-15(4-5-17(25)19-2)12-16(23-13)14-6-10-24(11-7-14)18-20-8-3-9-21-18/h3,8-9,12,14H,4-7,10-11H2,1-2H3,(H,19,25). The summed E-state index contributed by atoms with van der Waals surface area (Å²) in [6, 6.07) is 3.90. The molecule has 0 atom stereocenters. The van der Waals surface area contributed by atoms with Crippen molar-refractivity contribution in [3.05, 3.63) is 41.7 Å². The molecule has 0 radical (unpaired) electrons. The first-order chi connectivity index (χ1) is 12.2. The summed E-state index contributed by atoms with van der Waals surface area (Å²) in [5.74, 6) is 2.03. The van der Waals surface area contributed by atoms with Gasteiger partial charge in [-0.25, -0.2) is 19.9 Å². The molecule has 132 valence electrons. The van der Waals surface area contributed by atoms with E-state index >= 15 is 0 Å². The molecule has 1 saturated heterocycles. The van der Waals surface area contributed by atoms with Crippen LogP contribution < -0.4 is 10.2 Å². The average molecular weight is 340 g/mol. The minimum absolute atomic E-state index is 0.0361. The van der Waals surface area contributed by atoms with Gasteiger partial charge in [-0.1, -0.05) is 0 Å². The Morgan fingerprint density at radius 1 is 1.24 bits per heavy atom. The molecule has 1 N–H and O–H groups in total. The zero-order valence-electron chi connectivity index (χ0n) is 14.8. The van der Waals surface area contributed by atoms with E-state index in [0.29, 0.717) is 18.8 Å². The number of hydrogen-bond donors (Lipinski definition) is 1. The number of aromatic nitrogens is 4. The summed E-state index contributed by atoms with van der Waals surface area (Å²) in [4.78, 5) is 31.4. The molecule has 2 aromatic rings. The van der Waals surface area contributed by atoms with Crippen LogP contribution in [0.2, 0.25) is 0 Å². The molecule has 1 aliphatic heterocycles. The number of nitrogens with zero attached hydrogens (tertiary/aromatic N) is 5. The SMILES string of the molecule is CNC(=O)CCc1cc(C2CCN(c3ncccn3)CC2)nc(C)n1. The van der Waals surface area contributed by atoms with Gasteiger partial charge in [0.05, 0.1) is 0 Å². The normalized spacial score (nSPS) is 15.2. The van der Waals surface area contributed by atoms with Crippen LogP contribution in [0.1, 0.15) is 42.4 Å². The van der Waals surface area contributed by atoms with Crippen LogP contribution >= 0.6 is 0 Å². The van der Waals surface area contributed by atoms with Crippen LogP contribution in [0.15, 0.2) is 24.5 Å². The van der Waals surface area contributed by atoms with Crippen molar-refractivity contribution in [2.75, 3.05) is 25.0 Å². The highest BCUT2D eigenvalue weighted by Gasteiger charge is 2.23. The maximum absolute atomic E-state index is 11.5. The first-order valence-electron chi connectivity index (χ1n) is 8.72. The largest absolute Gasteiger partial charge is 0.359 e. The lowest BCUT2D eigenvalue weighted by molar-refractivity contribution is -0.120. The van der Waals surface area contributed by atoms with E-state index in [-0.39, 0.29) is 5.91 Å². The second kappa shape index (κ2) is 8.00. The molecule has 0 bridgehead atoms. The van der Waals surface area contributed by atoms with Gasteiger partial charge in [0.1, 0.15) is 5.82 Å². The Labute approximate surface area is 147 Å². The maximum atomic E-state index is 11.5. The van der Waals surface area contributed by atoms with Gasteiger partial charge < -0.3 is 10.2 Å². The van der Waals surface area contributed by atoms with Gasteiger partial charge in [-0.3, -0.25) is 4.79 Å². The Balaban J connectivity index is 1.64. The number of nitrogens with one attached hydrogen (secondary N) is 1. The Bertz CT molecular complexity index is 713. The molecule has 0 aromatic carbocycles. The number of carbonyl (C=O) groups excluding carboxylic acids is 1. The number of rotatable bonds is 5. The predicted molar refractivity (Wildman–Crippen MR) is 95.4 cm³/mol.